The molecule has 0 fully saturated rings. The Morgan fingerprint density at radius 3 is 2.70 bits per heavy atom. The van der Waals surface area contributed by atoms with Gasteiger partial charge in [0.1, 0.15) is 5.52 Å². The summed E-state index contributed by atoms with van der Waals surface area (Å²) in [4.78, 5) is 24.4. The summed E-state index contributed by atoms with van der Waals surface area (Å²) in [6.07, 6.45) is 0.811. The fourth-order valence-electron chi connectivity index (χ4n) is 2.31. The smallest absolute Gasteiger partial charge is 0.277 e. The number of nitrogens with one attached hydrogen (secondary N) is 1. The van der Waals surface area contributed by atoms with E-state index in [-0.39, 0.29) is 11.5 Å². The molecule has 1 heterocycles. The summed E-state index contributed by atoms with van der Waals surface area (Å²) in [5.74, 6) is -0.211. The summed E-state index contributed by atoms with van der Waals surface area (Å²) in [5, 5.41) is 11.3. The summed E-state index contributed by atoms with van der Waals surface area (Å²) in [6, 6.07) is 13.9. The Hall–Kier alpha value is -3.02. The van der Waals surface area contributed by atoms with Crippen LogP contribution in [-0.4, -0.2) is 20.9 Å². The highest BCUT2D eigenvalue weighted by atomic mass is 16.1. The van der Waals surface area contributed by atoms with Gasteiger partial charge in [-0.3, -0.25) is 9.59 Å². The molecule has 0 saturated heterocycles. The summed E-state index contributed by atoms with van der Waals surface area (Å²) < 4.78 is 1.35. The van der Waals surface area contributed by atoms with E-state index in [1.54, 1.807) is 42.5 Å². The van der Waals surface area contributed by atoms with E-state index in [0.717, 1.165) is 6.42 Å². The maximum atomic E-state index is 12.2. The molecule has 0 spiro atoms. The second-order valence-corrected chi connectivity index (χ2v) is 5.17. The topological polar surface area (TPSA) is 76.9 Å². The Morgan fingerprint density at radius 1 is 1.17 bits per heavy atom. The Balaban J connectivity index is 1.90. The minimum Gasteiger partial charge on any atom is -0.322 e. The maximum Gasteiger partial charge on any atom is 0.277 e. The largest absolute Gasteiger partial charge is 0.322 e. The molecule has 0 aliphatic rings. The standard InChI is InChI=1S/C17H16N4O2/c1-2-10-21-17(23)14-9-8-13(11-15(14)19-20-21)18-16(22)12-6-4-3-5-7-12/h3-9,11H,2,10H2,1H3,(H,18,22). The second kappa shape index (κ2) is 6.39. The first-order valence-corrected chi connectivity index (χ1v) is 7.43. The van der Waals surface area contributed by atoms with Crippen molar-refractivity contribution >= 4 is 22.5 Å². The van der Waals surface area contributed by atoms with Crippen molar-refractivity contribution in [2.24, 2.45) is 0 Å². The average molecular weight is 308 g/mol. The summed E-state index contributed by atoms with van der Waals surface area (Å²) >= 11 is 0. The molecule has 0 atom stereocenters. The number of nitrogens with zero attached hydrogens (tertiary/aromatic N) is 3. The van der Waals surface area contributed by atoms with Crippen molar-refractivity contribution in [1.29, 1.82) is 0 Å². The van der Waals surface area contributed by atoms with Gasteiger partial charge in [-0.1, -0.05) is 30.3 Å². The normalized spacial score (nSPS) is 10.7. The lowest BCUT2D eigenvalue weighted by Gasteiger charge is -2.07. The van der Waals surface area contributed by atoms with Crippen molar-refractivity contribution in [3.8, 4) is 0 Å². The van der Waals surface area contributed by atoms with E-state index < -0.39 is 0 Å². The highest BCUT2D eigenvalue weighted by Crippen LogP contribution is 2.15. The average Bonchev–Trinajstić information content (AvgIpc) is 2.58. The van der Waals surface area contributed by atoms with Crippen LogP contribution in [0.1, 0.15) is 23.7 Å². The SMILES string of the molecule is CCCn1nnc2cc(NC(=O)c3ccccc3)ccc2c1=O. The van der Waals surface area contributed by atoms with E-state index in [2.05, 4.69) is 15.6 Å². The fourth-order valence-corrected chi connectivity index (χ4v) is 2.31. The van der Waals surface area contributed by atoms with Crippen molar-refractivity contribution in [3.63, 3.8) is 0 Å². The number of fused-ring (bicyclic) bond motifs is 1. The van der Waals surface area contributed by atoms with Crippen LogP contribution in [0.3, 0.4) is 0 Å². The maximum absolute atomic E-state index is 12.2. The fraction of sp³-hybridized carbons (Fsp3) is 0.176. The highest BCUT2D eigenvalue weighted by molar-refractivity contribution is 6.04. The van der Waals surface area contributed by atoms with E-state index in [4.69, 9.17) is 0 Å². The third kappa shape index (κ3) is 3.11. The first-order valence-electron chi connectivity index (χ1n) is 7.43. The van der Waals surface area contributed by atoms with E-state index in [1.807, 2.05) is 13.0 Å². The van der Waals surface area contributed by atoms with Crippen LogP contribution in [0.2, 0.25) is 0 Å². The lowest BCUT2D eigenvalue weighted by Crippen LogP contribution is -2.24. The van der Waals surface area contributed by atoms with Crippen molar-refractivity contribution in [2.45, 2.75) is 19.9 Å². The van der Waals surface area contributed by atoms with Gasteiger partial charge in [0.25, 0.3) is 11.5 Å². The Morgan fingerprint density at radius 2 is 1.96 bits per heavy atom. The lowest BCUT2D eigenvalue weighted by atomic mass is 10.2. The van der Waals surface area contributed by atoms with Crippen molar-refractivity contribution in [1.82, 2.24) is 15.0 Å². The molecular formula is C17H16N4O2. The van der Waals surface area contributed by atoms with Gasteiger partial charge in [-0.25, -0.2) is 4.68 Å². The Labute approximate surface area is 132 Å². The molecule has 6 nitrogen and oxygen atoms in total. The minimum atomic E-state index is -0.211. The predicted molar refractivity (Wildman–Crippen MR) is 88.5 cm³/mol. The molecule has 116 valence electrons. The van der Waals surface area contributed by atoms with Crippen LogP contribution in [0.5, 0.6) is 0 Å². The van der Waals surface area contributed by atoms with Gasteiger partial charge in [0.05, 0.1) is 5.39 Å². The molecule has 1 N–H and O–H groups in total. The molecule has 2 aromatic carbocycles. The molecule has 0 saturated carbocycles. The number of aromatic nitrogens is 3. The van der Waals surface area contributed by atoms with Crippen molar-refractivity contribution in [3.05, 3.63) is 64.4 Å². The summed E-state index contributed by atoms with van der Waals surface area (Å²) in [7, 11) is 0. The van der Waals surface area contributed by atoms with Gasteiger partial charge in [-0.15, -0.1) is 5.10 Å². The Bertz CT molecular complexity index is 903. The molecule has 0 bridgehead atoms. The van der Waals surface area contributed by atoms with Gasteiger partial charge in [-0.05, 0) is 36.8 Å². The number of carbonyl (C=O) groups is 1. The lowest BCUT2D eigenvalue weighted by molar-refractivity contribution is 0.102. The molecule has 23 heavy (non-hydrogen) atoms. The number of anilines is 1. The third-order valence-electron chi connectivity index (χ3n) is 3.45. The van der Waals surface area contributed by atoms with Crippen molar-refractivity contribution in [2.75, 3.05) is 5.32 Å². The molecule has 0 aliphatic carbocycles. The van der Waals surface area contributed by atoms with Gasteiger partial charge >= 0.3 is 0 Å². The number of hydrogen-bond donors (Lipinski definition) is 1. The number of benzene rings is 2. The van der Waals surface area contributed by atoms with Crippen LogP contribution in [0.25, 0.3) is 10.9 Å². The van der Waals surface area contributed by atoms with Gasteiger partial charge in [-0.2, -0.15) is 0 Å². The molecule has 6 heteroatoms. The van der Waals surface area contributed by atoms with E-state index in [1.165, 1.54) is 4.68 Å². The van der Waals surface area contributed by atoms with Crippen LogP contribution in [0, 0.1) is 0 Å². The predicted octanol–water partition coefficient (Wildman–Crippen LogP) is 2.45. The van der Waals surface area contributed by atoms with Gasteiger partial charge in [0.15, 0.2) is 0 Å². The zero-order chi connectivity index (χ0) is 16.2. The zero-order valence-electron chi connectivity index (χ0n) is 12.7. The minimum absolute atomic E-state index is 0.169. The molecule has 0 aliphatic heterocycles. The molecular weight excluding hydrogens is 292 g/mol. The molecule has 1 aromatic heterocycles. The van der Waals surface area contributed by atoms with E-state index >= 15 is 0 Å². The molecule has 0 radical (unpaired) electrons. The van der Waals surface area contributed by atoms with Crippen LogP contribution in [0.15, 0.2) is 53.3 Å². The number of carbonyl (C=O) groups excluding carboxylic acids is 1. The molecule has 3 rings (SSSR count). The molecule has 1 amide bonds. The summed E-state index contributed by atoms with van der Waals surface area (Å²) in [6.45, 7) is 2.51. The second-order valence-electron chi connectivity index (χ2n) is 5.17. The molecule has 3 aromatic rings. The first kappa shape index (κ1) is 14.9. The van der Waals surface area contributed by atoms with Crippen LogP contribution in [-0.2, 0) is 6.54 Å². The zero-order valence-corrected chi connectivity index (χ0v) is 12.7. The quantitative estimate of drug-likeness (QED) is 0.803. The van der Waals surface area contributed by atoms with Gasteiger partial charge in [0.2, 0.25) is 0 Å². The van der Waals surface area contributed by atoms with Crippen LogP contribution < -0.4 is 10.9 Å². The number of amides is 1. The first-order chi connectivity index (χ1) is 11.2. The van der Waals surface area contributed by atoms with Crippen LogP contribution in [0.4, 0.5) is 5.69 Å². The Kier molecular flexibility index (Phi) is 4.14. The van der Waals surface area contributed by atoms with Crippen LogP contribution >= 0.6 is 0 Å². The molecule has 0 unspecified atom stereocenters. The van der Waals surface area contributed by atoms with Gasteiger partial charge < -0.3 is 5.32 Å². The number of rotatable bonds is 4. The van der Waals surface area contributed by atoms with E-state index in [9.17, 15) is 9.59 Å². The number of aryl methyl sites for hydroxylation is 1. The van der Waals surface area contributed by atoms with Crippen molar-refractivity contribution < 1.29 is 4.79 Å². The summed E-state index contributed by atoms with van der Waals surface area (Å²) in [5.41, 5.74) is 1.44. The van der Waals surface area contributed by atoms with Gasteiger partial charge in [0, 0.05) is 17.8 Å². The third-order valence-corrected chi connectivity index (χ3v) is 3.45. The monoisotopic (exact) mass is 308 g/mol. The van der Waals surface area contributed by atoms with E-state index in [0.29, 0.717) is 28.7 Å². The number of hydrogen-bond acceptors (Lipinski definition) is 4. The highest BCUT2D eigenvalue weighted by Gasteiger charge is 2.09.